The van der Waals surface area contributed by atoms with Gasteiger partial charge >= 0.3 is 0 Å². The molecule has 2 aromatic rings. The molecule has 26 heavy (non-hydrogen) atoms. The minimum Gasteiger partial charge on any atom is -0.326 e. The van der Waals surface area contributed by atoms with Crippen molar-refractivity contribution < 1.29 is 14.4 Å². The van der Waals surface area contributed by atoms with Gasteiger partial charge in [-0.3, -0.25) is 19.3 Å². The van der Waals surface area contributed by atoms with Gasteiger partial charge in [0.15, 0.2) is 0 Å². The number of carbonyl (C=O) groups is 3. The zero-order valence-corrected chi connectivity index (χ0v) is 15.4. The highest BCUT2D eigenvalue weighted by Crippen LogP contribution is 2.33. The number of thioether (sulfide) groups is 1. The zero-order chi connectivity index (χ0) is 18.7. The molecular weight excluding hydrogens is 372 g/mol. The molecule has 7 heteroatoms. The molecule has 3 rings (SSSR count). The third-order valence-corrected chi connectivity index (χ3v) is 4.82. The van der Waals surface area contributed by atoms with Crippen molar-refractivity contribution >= 4 is 52.2 Å². The number of anilines is 1. The first-order valence-corrected chi connectivity index (χ1v) is 8.99. The van der Waals surface area contributed by atoms with E-state index in [4.69, 9.17) is 11.6 Å². The Bertz CT molecular complexity index is 892. The van der Waals surface area contributed by atoms with E-state index in [1.807, 2.05) is 0 Å². The van der Waals surface area contributed by atoms with Gasteiger partial charge in [-0.25, -0.2) is 0 Å². The van der Waals surface area contributed by atoms with Crippen LogP contribution in [0.4, 0.5) is 10.5 Å². The Balaban J connectivity index is 1.74. The van der Waals surface area contributed by atoms with Crippen LogP contribution in [0.2, 0.25) is 5.02 Å². The number of hydrogen-bond acceptors (Lipinski definition) is 4. The summed E-state index contributed by atoms with van der Waals surface area (Å²) in [7, 11) is 0. The van der Waals surface area contributed by atoms with Gasteiger partial charge in [0, 0.05) is 17.6 Å². The van der Waals surface area contributed by atoms with Crippen LogP contribution in [-0.2, 0) is 16.1 Å². The van der Waals surface area contributed by atoms with Crippen molar-refractivity contribution in [3.63, 3.8) is 0 Å². The lowest BCUT2D eigenvalue weighted by molar-refractivity contribution is -0.123. The Kier molecular flexibility index (Phi) is 5.44. The number of carbonyl (C=O) groups excluding carboxylic acids is 3. The van der Waals surface area contributed by atoms with E-state index in [9.17, 15) is 14.4 Å². The lowest BCUT2D eigenvalue weighted by Crippen LogP contribution is -2.27. The van der Waals surface area contributed by atoms with Crippen LogP contribution in [0.5, 0.6) is 0 Å². The molecule has 1 fully saturated rings. The molecule has 2 aromatic carbocycles. The summed E-state index contributed by atoms with van der Waals surface area (Å²) in [5.41, 5.74) is 2.28. The Labute approximate surface area is 160 Å². The lowest BCUT2D eigenvalue weighted by atomic mass is 10.2. The van der Waals surface area contributed by atoms with E-state index in [1.165, 1.54) is 11.8 Å². The second kappa shape index (κ2) is 7.76. The van der Waals surface area contributed by atoms with Crippen molar-refractivity contribution in [1.29, 1.82) is 0 Å². The summed E-state index contributed by atoms with van der Waals surface area (Å²) < 4.78 is 0. The predicted octanol–water partition coefficient (Wildman–Crippen LogP) is 4.53. The average molecular weight is 387 g/mol. The van der Waals surface area contributed by atoms with E-state index < -0.39 is 0 Å². The molecule has 1 aliphatic rings. The quantitative estimate of drug-likeness (QED) is 0.783. The normalized spacial score (nSPS) is 15.6. The molecule has 1 heterocycles. The predicted molar refractivity (Wildman–Crippen MR) is 104 cm³/mol. The van der Waals surface area contributed by atoms with Crippen molar-refractivity contribution in [2.75, 3.05) is 5.32 Å². The lowest BCUT2D eigenvalue weighted by Gasteiger charge is -2.12. The molecule has 0 aromatic heterocycles. The summed E-state index contributed by atoms with van der Waals surface area (Å²) in [4.78, 5) is 37.3. The minimum absolute atomic E-state index is 0.152. The van der Waals surface area contributed by atoms with Crippen LogP contribution in [0.25, 0.3) is 6.08 Å². The summed E-state index contributed by atoms with van der Waals surface area (Å²) >= 11 is 6.77. The van der Waals surface area contributed by atoms with Gasteiger partial charge in [-0.05, 0) is 53.2 Å². The van der Waals surface area contributed by atoms with Gasteiger partial charge in [-0.1, -0.05) is 35.9 Å². The number of benzene rings is 2. The summed E-state index contributed by atoms with van der Waals surface area (Å²) in [6.45, 7) is 1.64. The van der Waals surface area contributed by atoms with E-state index >= 15 is 0 Å². The van der Waals surface area contributed by atoms with E-state index in [-0.39, 0.29) is 23.6 Å². The fraction of sp³-hybridized carbons (Fsp3) is 0.105. The van der Waals surface area contributed by atoms with Crippen molar-refractivity contribution in [3.05, 3.63) is 69.6 Å². The maximum atomic E-state index is 12.5. The topological polar surface area (TPSA) is 66.5 Å². The molecule has 132 valence electrons. The van der Waals surface area contributed by atoms with E-state index in [0.29, 0.717) is 15.6 Å². The molecule has 0 aliphatic carbocycles. The summed E-state index contributed by atoms with van der Waals surface area (Å²) in [6.07, 6.45) is 1.67. The highest BCUT2D eigenvalue weighted by atomic mass is 35.5. The Morgan fingerprint density at radius 2 is 1.77 bits per heavy atom. The molecular formula is C19H15ClN2O3S. The molecule has 0 unspecified atom stereocenters. The minimum atomic E-state index is -0.319. The van der Waals surface area contributed by atoms with Crippen LogP contribution in [0, 0.1) is 0 Å². The third kappa shape index (κ3) is 4.33. The number of nitrogens with one attached hydrogen (secondary N) is 1. The van der Waals surface area contributed by atoms with Crippen molar-refractivity contribution in [2.24, 2.45) is 0 Å². The number of nitrogens with zero attached hydrogens (tertiary/aromatic N) is 1. The Hall–Kier alpha value is -2.57. The van der Waals surface area contributed by atoms with E-state index in [1.54, 1.807) is 54.6 Å². The maximum Gasteiger partial charge on any atom is 0.293 e. The van der Waals surface area contributed by atoms with Gasteiger partial charge in [-0.2, -0.15) is 0 Å². The molecule has 1 aliphatic heterocycles. The second-order valence-corrected chi connectivity index (χ2v) is 7.13. The molecule has 0 atom stereocenters. The van der Waals surface area contributed by atoms with Gasteiger partial charge in [-0.15, -0.1) is 0 Å². The molecule has 3 amide bonds. The molecule has 1 saturated heterocycles. The summed E-state index contributed by atoms with van der Waals surface area (Å²) in [5.74, 6) is -0.470. The largest absolute Gasteiger partial charge is 0.326 e. The third-order valence-electron chi connectivity index (χ3n) is 3.66. The van der Waals surface area contributed by atoms with Crippen molar-refractivity contribution in [1.82, 2.24) is 4.90 Å². The Morgan fingerprint density at radius 3 is 2.38 bits per heavy atom. The molecule has 0 radical (unpaired) electrons. The smallest absolute Gasteiger partial charge is 0.293 e. The van der Waals surface area contributed by atoms with Crippen molar-refractivity contribution in [2.45, 2.75) is 13.5 Å². The average Bonchev–Trinajstić information content (AvgIpc) is 2.85. The van der Waals surface area contributed by atoms with Crippen LogP contribution >= 0.6 is 23.4 Å². The monoisotopic (exact) mass is 386 g/mol. The first-order valence-electron chi connectivity index (χ1n) is 7.80. The van der Waals surface area contributed by atoms with E-state index in [2.05, 4.69) is 5.32 Å². The van der Waals surface area contributed by atoms with Gasteiger partial charge in [0.05, 0.1) is 11.4 Å². The number of amides is 3. The first-order chi connectivity index (χ1) is 12.4. The van der Waals surface area contributed by atoms with Gasteiger partial charge in [0.25, 0.3) is 11.1 Å². The fourth-order valence-corrected chi connectivity index (χ4v) is 3.39. The molecule has 0 saturated carbocycles. The SMILES string of the molecule is CC(=O)Nc1ccc(/C=C2\SC(=O)N(Cc3ccc(Cl)cc3)C2=O)cc1. The fourth-order valence-electron chi connectivity index (χ4n) is 2.43. The number of rotatable bonds is 4. The van der Waals surface area contributed by atoms with E-state index in [0.717, 1.165) is 22.9 Å². The number of halogens is 1. The summed E-state index contributed by atoms with van der Waals surface area (Å²) in [6, 6.07) is 14.1. The highest BCUT2D eigenvalue weighted by molar-refractivity contribution is 8.18. The van der Waals surface area contributed by atoms with Crippen molar-refractivity contribution in [3.8, 4) is 0 Å². The number of hydrogen-bond donors (Lipinski definition) is 1. The maximum absolute atomic E-state index is 12.5. The molecule has 0 bridgehead atoms. The van der Waals surface area contributed by atoms with Crippen LogP contribution in [0.3, 0.4) is 0 Å². The first kappa shape index (κ1) is 18.2. The highest BCUT2D eigenvalue weighted by Gasteiger charge is 2.34. The van der Waals surface area contributed by atoms with Crippen LogP contribution in [0.1, 0.15) is 18.1 Å². The van der Waals surface area contributed by atoms with Gasteiger partial charge in [0.1, 0.15) is 0 Å². The molecule has 1 N–H and O–H groups in total. The Morgan fingerprint density at radius 1 is 1.12 bits per heavy atom. The number of imide groups is 1. The van der Waals surface area contributed by atoms with Gasteiger partial charge in [0.2, 0.25) is 5.91 Å². The van der Waals surface area contributed by atoms with Crippen LogP contribution < -0.4 is 5.32 Å². The second-order valence-electron chi connectivity index (χ2n) is 5.70. The summed E-state index contributed by atoms with van der Waals surface area (Å²) in [5, 5.41) is 2.98. The van der Waals surface area contributed by atoms with Crippen LogP contribution in [0.15, 0.2) is 53.4 Å². The zero-order valence-electron chi connectivity index (χ0n) is 13.9. The van der Waals surface area contributed by atoms with Gasteiger partial charge < -0.3 is 5.32 Å². The molecule has 0 spiro atoms. The standard InChI is InChI=1S/C19H15ClN2O3S/c1-12(23)21-16-8-4-13(5-9-16)10-17-18(24)22(19(25)26-17)11-14-2-6-15(20)7-3-14/h2-10H,11H2,1H3,(H,21,23)/b17-10-. The molecule has 5 nitrogen and oxygen atoms in total. The van der Waals surface area contributed by atoms with Crippen LogP contribution in [-0.4, -0.2) is 22.0 Å².